The number of rotatable bonds is 6. The van der Waals surface area contributed by atoms with E-state index in [1.54, 1.807) is 25.3 Å². The highest BCUT2D eigenvalue weighted by Crippen LogP contribution is 2.24. The summed E-state index contributed by atoms with van der Waals surface area (Å²) in [5.41, 5.74) is 5.93. The van der Waals surface area contributed by atoms with Crippen LogP contribution in [0.4, 0.5) is 0 Å². The Labute approximate surface area is 142 Å². The molecule has 0 unspecified atom stereocenters. The lowest BCUT2D eigenvalue weighted by molar-refractivity contribution is 0.0951. The smallest absolute Gasteiger partial charge is 0.275 e. The average Bonchev–Trinajstić information content (AvgIpc) is 2.65. The molecule has 0 saturated carbocycles. The Morgan fingerprint density at radius 3 is 2.38 bits per heavy atom. The molecule has 0 aliphatic carbocycles. The van der Waals surface area contributed by atoms with Gasteiger partial charge in [0.25, 0.3) is 5.91 Å². The summed E-state index contributed by atoms with van der Waals surface area (Å²) in [6.45, 7) is 3.96. The van der Waals surface area contributed by atoms with Gasteiger partial charge in [0.05, 0.1) is 25.5 Å². The van der Waals surface area contributed by atoms with Crippen LogP contribution in [0.15, 0.2) is 47.6 Å². The van der Waals surface area contributed by atoms with E-state index in [0.29, 0.717) is 17.1 Å². The first-order valence-corrected chi connectivity index (χ1v) is 7.75. The molecule has 0 bridgehead atoms. The quantitative estimate of drug-likeness (QED) is 0.653. The van der Waals surface area contributed by atoms with Crippen molar-refractivity contribution in [1.82, 2.24) is 5.43 Å². The Kier molecular flexibility index (Phi) is 5.95. The van der Waals surface area contributed by atoms with Crippen LogP contribution in [-0.4, -0.2) is 25.8 Å². The van der Waals surface area contributed by atoms with Crippen molar-refractivity contribution in [2.45, 2.75) is 20.3 Å². The second-order valence-electron chi connectivity index (χ2n) is 5.25. The Balaban J connectivity index is 2.13. The van der Waals surface area contributed by atoms with Gasteiger partial charge in [-0.2, -0.15) is 5.10 Å². The maximum Gasteiger partial charge on any atom is 0.275 e. The molecular weight excluding hydrogens is 304 g/mol. The highest BCUT2D eigenvalue weighted by Gasteiger charge is 2.13. The van der Waals surface area contributed by atoms with Crippen LogP contribution >= 0.6 is 0 Å². The van der Waals surface area contributed by atoms with Crippen molar-refractivity contribution in [3.63, 3.8) is 0 Å². The van der Waals surface area contributed by atoms with Crippen LogP contribution in [0.25, 0.3) is 0 Å². The van der Waals surface area contributed by atoms with Crippen molar-refractivity contribution in [1.29, 1.82) is 0 Å². The molecule has 1 N–H and O–H groups in total. The minimum Gasteiger partial charge on any atom is -0.497 e. The van der Waals surface area contributed by atoms with Gasteiger partial charge < -0.3 is 9.47 Å². The highest BCUT2D eigenvalue weighted by atomic mass is 16.5. The molecule has 0 aliphatic rings. The minimum absolute atomic E-state index is 0.334. The molecule has 2 rings (SSSR count). The molecule has 0 radical (unpaired) electrons. The number of amides is 1. The molecule has 24 heavy (non-hydrogen) atoms. The van der Waals surface area contributed by atoms with Gasteiger partial charge in [-0.15, -0.1) is 0 Å². The van der Waals surface area contributed by atoms with Gasteiger partial charge in [0.1, 0.15) is 11.5 Å². The third-order valence-corrected chi connectivity index (χ3v) is 3.76. The summed E-state index contributed by atoms with van der Waals surface area (Å²) < 4.78 is 10.4. The van der Waals surface area contributed by atoms with Gasteiger partial charge in [-0.25, -0.2) is 5.43 Å². The van der Waals surface area contributed by atoms with Gasteiger partial charge in [0, 0.05) is 6.07 Å². The van der Waals surface area contributed by atoms with E-state index in [4.69, 9.17) is 9.47 Å². The number of hydrazone groups is 1. The fraction of sp³-hybridized carbons (Fsp3) is 0.263. The molecule has 0 aliphatic heterocycles. The van der Waals surface area contributed by atoms with Crippen LogP contribution in [0, 0.1) is 0 Å². The van der Waals surface area contributed by atoms with Crippen LogP contribution in [-0.2, 0) is 6.42 Å². The fourth-order valence-electron chi connectivity index (χ4n) is 2.23. The lowest BCUT2D eigenvalue weighted by Crippen LogP contribution is -2.20. The Morgan fingerprint density at radius 1 is 1.08 bits per heavy atom. The van der Waals surface area contributed by atoms with Crippen LogP contribution in [0.1, 0.15) is 35.3 Å². The molecule has 2 aromatic rings. The summed E-state index contributed by atoms with van der Waals surface area (Å²) in [4.78, 5) is 12.3. The van der Waals surface area contributed by atoms with Crippen LogP contribution in [0.2, 0.25) is 0 Å². The Bertz CT molecular complexity index is 737. The van der Waals surface area contributed by atoms with E-state index in [2.05, 4.69) is 29.6 Å². The van der Waals surface area contributed by atoms with Crippen molar-refractivity contribution in [2.24, 2.45) is 5.10 Å². The van der Waals surface area contributed by atoms with Gasteiger partial charge in [-0.3, -0.25) is 4.79 Å². The van der Waals surface area contributed by atoms with Gasteiger partial charge in [-0.05, 0) is 36.6 Å². The predicted octanol–water partition coefficient (Wildman–Crippen LogP) is 3.42. The second kappa shape index (κ2) is 8.15. The van der Waals surface area contributed by atoms with E-state index in [-0.39, 0.29) is 5.91 Å². The van der Waals surface area contributed by atoms with Gasteiger partial charge in [-0.1, -0.05) is 31.2 Å². The SMILES string of the molecule is CCc1ccc(/C(C)=N\NC(=O)c2ccc(OC)cc2OC)cc1. The maximum atomic E-state index is 12.3. The fourth-order valence-corrected chi connectivity index (χ4v) is 2.23. The third kappa shape index (κ3) is 4.13. The first-order chi connectivity index (χ1) is 11.6. The number of carbonyl (C=O) groups excluding carboxylic acids is 1. The van der Waals surface area contributed by atoms with Crippen molar-refractivity contribution in [3.8, 4) is 11.5 Å². The number of methoxy groups -OCH3 is 2. The predicted molar refractivity (Wildman–Crippen MR) is 95.0 cm³/mol. The van der Waals surface area contributed by atoms with E-state index in [0.717, 1.165) is 17.7 Å². The molecule has 0 fully saturated rings. The number of carbonyl (C=O) groups is 1. The zero-order valence-corrected chi connectivity index (χ0v) is 14.4. The summed E-state index contributed by atoms with van der Waals surface area (Å²) in [5.74, 6) is 0.727. The zero-order valence-electron chi connectivity index (χ0n) is 14.4. The molecule has 0 aromatic heterocycles. The normalized spacial score (nSPS) is 11.1. The van der Waals surface area contributed by atoms with Crippen LogP contribution in [0.5, 0.6) is 11.5 Å². The first-order valence-electron chi connectivity index (χ1n) is 7.75. The summed E-state index contributed by atoms with van der Waals surface area (Å²) in [6, 6.07) is 13.1. The molecule has 5 heteroatoms. The van der Waals surface area contributed by atoms with E-state index < -0.39 is 0 Å². The number of ether oxygens (including phenoxy) is 2. The van der Waals surface area contributed by atoms with Gasteiger partial charge in [0.2, 0.25) is 0 Å². The lowest BCUT2D eigenvalue weighted by Gasteiger charge is -2.09. The molecule has 5 nitrogen and oxygen atoms in total. The van der Waals surface area contributed by atoms with E-state index >= 15 is 0 Å². The topological polar surface area (TPSA) is 59.9 Å². The minimum atomic E-state index is -0.334. The van der Waals surface area contributed by atoms with E-state index in [9.17, 15) is 4.79 Å². The summed E-state index contributed by atoms with van der Waals surface area (Å²) in [7, 11) is 3.07. The molecule has 1 amide bonds. The van der Waals surface area contributed by atoms with Crippen molar-refractivity contribution in [2.75, 3.05) is 14.2 Å². The first kappa shape index (κ1) is 17.5. The largest absolute Gasteiger partial charge is 0.497 e. The molecular formula is C19H22N2O3. The maximum absolute atomic E-state index is 12.3. The van der Waals surface area contributed by atoms with Gasteiger partial charge >= 0.3 is 0 Å². The summed E-state index contributed by atoms with van der Waals surface area (Å²) in [5, 5.41) is 4.17. The molecule has 0 spiro atoms. The zero-order chi connectivity index (χ0) is 17.5. The van der Waals surface area contributed by atoms with Crippen LogP contribution < -0.4 is 14.9 Å². The molecule has 0 atom stereocenters. The van der Waals surface area contributed by atoms with Gasteiger partial charge in [0.15, 0.2) is 0 Å². The lowest BCUT2D eigenvalue weighted by atomic mass is 10.1. The number of benzene rings is 2. The summed E-state index contributed by atoms with van der Waals surface area (Å²) in [6.07, 6.45) is 0.991. The number of nitrogens with zero attached hydrogens (tertiary/aromatic N) is 1. The summed E-state index contributed by atoms with van der Waals surface area (Å²) >= 11 is 0. The van der Waals surface area contributed by atoms with Crippen molar-refractivity contribution in [3.05, 3.63) is 59.2 Å². The third-order valence-electron chi connectivity index (χ3n) is 3.76. The Morgan fingerprint density at radius 2 is 1.79 bits per heavy atom. The number of nitrogens with one attached hydrogen (secondary N) is 1. The molecule has 2 aromatic carbocycles. The molecule has 0 saturated heterocycles. The number of aryl methyl sites for hydroxylation is 1. The number of hydrogen-bond acceptors (Lipinski definition) is 4. The van der Waals surface area contributed by atoms with E-state index in [1.165, 1.54) is 12.7 Å². The monoisotopic (exact) mass is 326 g/mol. The number of hydrogen-bond donors (Lipinski definition) is 1. The highest BCUT2D eigenvalue weighted by molar-refractivity contribution is 6.01. The standard InChI is InChI=1S/C19H22N2O3/c1-5-14-6-8-15(9-7-14)13(2)20-21-19(22)17-11-10-16(23-3)12-18(17)24-4/h6-12H,5H2,1-4H3,(H,21,22)/b20-13-. The second-order valence-corrected chi connectivity index (χ2v) is 5.25. The molecule has 0 heterocycles. The average molecular weight is 326 g/mol. The van der Waals surface area contributed by atoms with Crippen molar-refractivity contribution >= 4 is 11.6 Å². The molecule has 126 valence electrons. The van der Waals surface area contributed by atoms with Crippen molar-refractivity contribution < 1.29 is 14.3 Å². The van der Waals surface area contributed by atoms with Crippen LogP contribution in [0.3, 0.4) is 0 Å². The Hall–Kier alpha value is -2.82. The van der Waals surface area contributed by atoms with E-state index in [1.807, 2.05) is 19.1 Å².